The van der Waals surface area contributed by atoms with Gasteiger partial charge in [0, 0.05) is 88.5 Å². The molecule has 1 saturated heterocycles. The molecule has 1 fully saturated rings. The smallest absolute Gasteiger partial charge is 0.407 e. The molecule has 250 valence electrons. The lowest BCUT2D eigenvalue weighted by atomic mass is 9.89. The van der Waals surface area contributed by atoms with Crippen LogP contribution < -0.4 is 0 Å². The highest BCUT2D eigenvalue weighted by Crippen LogP contribution is 2.35. The van der Waals surface area contributed by atoms with E-state index in [4.69, 9.17) is 4.74 Å². The van der Waals surface area contributed by atoms with E-state index in [1.807, 2.05) is 48.7 Å². The molecule has 1 N–H and O–H groups in total. The second kappa shape index (κ2) is 13.9. The van der Waals surface area contributed by atoms with Crippen LogP contribution in [0.25, 0.3) is 11.3 Å². The van der Waals surface area contributed by atoms with Crippen molar-refractivity contribution in [3.8, 4) is 11.3 Å². The SMILES string of the molecule is CCCCN(C)C(=O)c1cc(-c2cc3c(cc2C(=O)N2Cc4ccccc4C[C@H]2CN2CCOCC2)CN(C(=O)O)CC3)n(C)c1C. The monoisotopic (exact) mass is 641 g/mol. The Kier molecular flexibility index (Phi) is 9.70. The number of rotatable bonds is 8. The summed E-state index contributed by atoms with van der Waals surface area (Å²) in [6.45, 7) is 9.69. The van der Waals surface area contributed by atoms with Crippen LogP contribution in [0.5, 0.6) is 0 Å². The van der Waals surface area contributed by atoms with Gasteiger partial charge in [0.25, 0.3) is 11.8 Å². The zero-order valence-corrected chi connectivity index (χ0v) is 28.1. The number of fused-ring (bicyclic) bond motifs is 2. The van der Waals surface area contributed by atoms with E-state index in [1.54, 1.807) is 4.90 Å². The lowest BCUT2D eigenvalue weighted by molar-refractivity contribution is 0.0193. The van der Waals surface area contributed by atoms with Crippen LogP contribution >= 0.6 is 0 Å². The molecule has 3 amide bonds. The lowest BCUT2D eigenvalue weighted by Gasteiger charge is -2.41. The summed E-state index contributed by atoms with van der Waals surface area (Å²) < 4.78 is 7.62. The molecule has 6 rings (SSSR count). The van der Waals surface area contributed by atoms with Crippen molar-refractivity contribution in [3.63, 3.8) is 0 Å². The van der Waals surface area contributed by atoms with E-state index in [0.29, 0.717) is 50.4 Å². The molecule has 2 aromatic carbocycles. The zero-order valence-electron chi connectivity index (χ0n) is 28.1. The molecule has 0 unspecified atom stereocenters. The first-order valence-electron chi connectivity index (χ1n) is 16.9. The largest absolute Gasteiger partial charge is 0.465 e. The van der Waals surface area contributed by atoms with E-state index in [1.165, 1.54) is 10.5 Å². The Morgan fingerprint density at radius 3 is 2.43 bits per heavy atom. The van der Waals surface area contributed by atoms with Gasteiger partial charge in [-0.15, -0.1) is 0 Å². The summed E-state index contributed by atoms with van der Waals surface area (Å²) in [5, 5.41) is 9.78. The Hall–Kier alpha value is -4.15. The number of amides is 3. The number of hydrogen-bond acceptors (Lipinski definition) is 5. The van der Waals surface area contributed by atoms with E-state index < -0.39 is 6.09 Å². The maximum Gasteiger partial charge on any atom is 0.407 e. The Labute approximate surface area is 277 Å². The maximum absolute atomic E-state index is 15.0. The molecule has 1 atom stereocenters. The third-order valence-corrected chi connectivity index (χ3v) is 10.3. The topological polar surface area (TPSA) is 98.6 Å². The highest BCUT2D eigenvalue weighted by molar-refractivity contribution is 6.03. The average molecular weight is 642 g/mol. The Bertz CT molecular complexity index is 1660. The van der Waals surface area contributed by atoms with Crippen LogP contribution in [0.1, 0.15) is 68.4 Å². The quantitative estimate of drug-likeness (QED) is 0.379. The molecule has 4 heterocycles. The van der Waals surface area contributed by atoms with Gasteiger partial charge in [-0.2, -0.15) is 0 Å². The average Bonchev–Trinajstić information content (AvgIpc) is 3.38. The van der Waals surface area contributed by atoms with Crippen LogP contribution in [0, 0.1) is 6.92 Å². The van der Waals surface area contributed by atoms with Gasteiger partial charge in [0.1, 0.15) is 0 Å². The van der Waals surface area contributed by atoms with Crippen molar-refractivity contribution in [3.05, 3.63) is 81.5 Å². The van der Waals surface area contributed by atoms with Crippen LogP contribution in [0.2, 0.25) is 0 Å². The molecule has 1 aromatic heterocycles. The molecule has 3 aliphatic heterocycles. The summed E-state index contributed by atoms with van der Waals surface area (Å²) in [5.74, 6) is -0.103. The van der Waals surface area contributed by atoms with Gasteiger partial charge in [-0.05, 0) is 66.6 Å². The van der Waals surface area contributed by atoms with Crippen LogP contribution in [-0.4, -0.2) is 106 Å². The summed E-state index contributed by atoms with van der Waals surface area (Å²) in [5.41, 5.74) is 7.92. The third kappa shape index (κ3) is 6.67. The summed E-state index contributed by atoms with van der Waals surface area (Å²) >= 11 is 0. The number of nitrogens with zero attached hydrogens (tertiary/aromatic N) is 5. The molecule has 3 aromatic rings. The number of hydrogen-bond donors (Lipinski definition) is 1. The highest BCUT2D eigenvalue weighted by atomic mass is 16.5. The summed E-state index contributed by atoms with van der Waals surface area (Å²) in [6.07, 6.45) is 2.30. The second-order valence-electron chi connectivity index (χ2n) is 13.3. The highest BCUT2D eigenvalue weighted by Gasteiger charge is 2.35. The van der Waals surface area contributed by atoms with Gasteiger partial charge < -0.3 is 29.1 Å². The van der Waals surface area contributed by atoms with Gasteiger partial charge >= 0.3 is 6.09 Å². The summed E-state index contributed by atoms with van der Waals surface area (Å²) in [7, 11) is 3.79. The predicted molar refractivity (Wildman–Crippen MR) is 181 cm³/mol. The number of benzene rings is 2. The zero-order chi connectivity index (χ0) is 33.2. The van der Waals surface area contributed by atoms with Crippen molar-refractivity contribution in [2.75, 3.05) is 53.0 Å². The van der Waals surface area contributed by atoms with Crippen molar-refractivity contribution in [1.82, 2.24) is 24.2 Å². The minimum absolute atomic E-state index is 0.0288. The molecule has 0 bridgehead atoms. The van der Waals surface area contributed by atoms with Gasteiger partial charge in [0.05, 0.1) is 18.8 Å². The van der Waals surface area contributed by atoms with E-state index in [9.17, 15) is 19.5 Å². The molecule has 0 radical (unpaired) electrons. The third-order valence-electron chi connectivity index (χ3n) is 10.3. The van der Waals surface area contributed by atoms with E-state index in [2.05, 4.69) is 36.1 Å². The first kappa shape index (κ1) is 32.8. The summed E-state index contributed by atoms with van der Waals surface area (Å²) in [6, 6.07) is 14.2. The van der Waals surface area contributed by atoms with Crippen LogP contribution in [0.3, 0.4) is 0 Å². The van der Waals surface area contributed by atoms with Crippen molar-refractivity contribution >= 4 is 17.9 Å². The van der Waals surface area contributed by atoms with Gasteiger partial charge in [-0.1, -0.05) is 37.6 Å². The number of carbonyl (C=O) groups excluding carboxylic acids is 2. The standard InChI is InChI=1S/C37H47N5O5/c1-5-6-12-38(3)35(43)31-21-34(39(4)25(31)2)32-19-27-11-13-41(37(45)46)22-29(27)20-33(32)36(44)42-23-28-10-8-7-9-26(28)18-30(42)24-40-14-16-47-17-15-40/h7-10,19-21,30H,5-6,11-18,22-24H2,1-4H3,(H,45,46)/t30-/m0/s1. The Balaban J connectivity index is 1.44. The molecule has 10 nitrogen and oxygen atoms in total. The van der Waals surface area contributed by atoms with Crippen molar-refractivity contribution < 1.29 is 24.2 Å². The fourth-order valence-corrected chi connectivity index (χ4v) is 7.26. The van der Waals surface area contributed by atoms with Crippen LogP contribution in [-0.2, 0) is 37.7 Å². The van der Waals surface area contributed by atoms with Gasteiger partial charge in [-0.25, -0.2) is 4.79 Å². The molecular formula is C37H47N5O5. The Morgan fingerprint density at radius 2 is 1.70 bits per heavy atom. The van der Waals surface area contributed by atoms with Gasteiger partial charge in [-0.3, -0.25) is 14.5 Å². The molecule has 10 heteroatoms. The fraction of sp³-hybridized carbons (Fsp3) is 0.486. The van der Waals surface area contributed by atoms with Crippen LogP contribution in [0.4, 0.5) is 4.79 Å². The van der Waals surface area contributed by atoms with Gasteiger partial charge in [0.15, 0.2) is 0 Å². The molecule has 47 heavy (non-hydrogen) atoms. The minimum atomic E-state index is -0.959. The lowest BCUT2D eigenvalue weighted by Crippen LogP contribution is -2.52. The predicted octanol–water partition coefficient (Wildman–Crippen LogP) is 4.81. The number of ether oxygens (including phenoxy) is 1. The Morgan fingerprint density at radius 1 is 0.957 bits per heavy atom. The second-order valence-corrected chi connectivity index (χ2v) is 13.3. The molecular weight excluding hydrogens is 594 g/mol. The molecule has 0 aliphatic carbocycles. The fourth-order valence-electron chi connectivity index (χ4n) is 7.26. The number of carbonyl (C=O) groups is 3. The molecule has 0 spiro atoms. The number of aromatic nitrogens is 1. The van der Waals surface area contributed by atoms with E-state index >= 15 is 0 Å². The first-order valence-corrected chi connectivity index (χ1v) is 16.9. The number of carboxylic acid groups (broad SMARTS) is 1. The van der Waals surface area contributed by atoms with Crippen molar-refractivity contribution in [2.24, 2.45) is 7.05 Å². The normalized spacial score (nSPS) is 18.1. The van der Waals surface area contributed by atoms with Crippen LogP contribution in [0.15, 0.2) is 42.5 Å². The minimum Gasteiger partial charge on any atom is -0.465 e. The maximum atomic E-state index is 15.0. The molecule has 0 saturated carbocycles. The van der Waals surface area contributed by atoms with E-state index in [-0.39, 0.29) is 24.4 Å². The molecule has 3 aliphatic rings. The van der Waals surface area contributed by atoms with Crippen molar-refractivity contribution in [1.29, 1.82) is 0 Å². The van der Waals surface area contributed by atoms with E-state index in [0.717, 1.165) is 72.5 Å². The first-order chi connectivity index (χ1) is 22.7. The number of unbranched alkanes of at least 4 members (excludes halogenated alkanes) is 1. The van der Waals surface area contributed by atoms with Crippen molar-refractivity contribution in [2.45, 2.75) is 58.7 Å². The summed E-state index contributed by atoms with van der Waals surface area (Å²) in [4.78, 5) is 48.1. The number of morpholine rings is 1. The van der Waals surface area contributed by atoms with Gasteiger partial charge in [0.2, 0.25) is 0 Å².